The lowest BCUT2D eigenvalue weighted by Gasteiger charge is -2.13. The minimum Gasteiger partial charge on any atom is -0.350 e. The van der Waals surface area contributed by atoms with Crippen molar-refractivity contribution in [2.45, 2.75) is 13.3 Å². The Kier molecular flexibility index (Phi) is 3.75. The van der Waals surface area contributed by atoms with Crippen molar-refractivity contribution in [1.82, 2.24) is 10.1 Å². The Labute approximate surface area is 123 Å². The molecule has 21 heavy (non-hydrogen) atoms. The zero-order chi connectivity index (χ0) is 14.8. The molecular formula is C16H19N3O2. The fourth-order valence-electron chi connectivity index (χ4n) is 2.60. The number of aromatic nitrogens is 1. The molecule has 5 nitrogen and oxygen atoms in total. The molecule has 1 aromatic carbocycles. The number of hydrogen-bond acceptors (Lipinski definition) is 4. The first kappa shape index (κ1) is 13.8. The highest BCUT2D eigenvalue weighted by Crippen LogP contribution is 2.22. The molecule has 5 heteroatoms. The van der Waals surface area contributed by atoms with Crippen molar-refractivity contribution in [2.24, 2.45) is 11.7 Å². The molecule has 2 aromatic rings. The summed E-state index contributed by atoms with van der Waals surface area (Å²) in [4.78, 5) is 14.1. The normalized spacial score (nSPS) is 18.2. The average molecular weight is 285 g/mol. The number of carbonyl (C=O) groups excluding carboxylic acids is 1. The molecule has 0 spiro atoms. The topological polar surface area (TPSA) is 72.4 Å². The molecule has 2 N–H and O–H groups in total. The van der Waals surface area contributed by atoms with E-state index in [0.717, 1.165) is 18.5 Å². The maximum Gasteiger partial charge on any atom is 0.292 e. The van der Waals surface area contributed by atoms with E-state index >= 15 is 0 Å². The number of aryl methyl sites for hydroxylation is 1. The zero-order valence-corrected chi connectivity index (χ0v) is 12.1. The van der Waals surface area contributed by atoms with Crippen molar-refractivity contribution in [1.29, 1.82) is 0 Å². The second kappa shape index (κ2) is 5.69. The van der Waals surface area contributed by atoms with E-state index in [1.807, 2.05) is 31.2 Å². The van der Waals surface area contributed by atoms with Crippen LogP contribution in [0.2, 0.25) is 0 Å². The molecule has 0 bridgehead atoms. The number of nitrogens with zero attached hydrogens (tertiary/aromatic N) is 2. The standard InChI is InChI=1S/C16H19N3O2/c1-11-2-4-13(5-3-11)14-8-15(21-18-14)16(20)19-7-6-12(9-17)10-19/h2-5,8,12H,6-7,9-10,17H2,1H3. The van der Waals surface area contributed by atoms with Crippen LogP contribution in [0.1, 0.15) is 22.5 Å². The van der Waals surface area contributed by atoms with Crippen molar-refractivity contribution in [3.05, 3.63) is 41.7 Å². The Hall–Kier alpha value is -2.14. The first-order valence-electron chi connectivity index (χ1n) is 7.20. The number of likely N-dealkylation sites (tertiary alicyclic amines) is 1. The summed E-state index contributed by atoms with van der Waals surface area (Å²) < 4.78 is 5.22. The van der Waals surface area contributed by atoms with E-state index in [9.17, 15) is 4.79 Å². The Morgan fingerprint density at radius 3 is 2.86 bits per heavy atom. The van der Waals surface area contributed by atoms with Crippen molar-refractivity contribution in [2.75, 3.05) is 19.6 Å². The lowest BCUT2D eigenvalue weighted by atomic mass is 10.1. The number of carbonyl (C=O) groups is 1. The van der Waals surface area contributed by atoms with Gasteiger partial charge in [-0.25, -0.2) is 0 Å². The van der Waals surface area contributed by atoms with E-state index in [1.165, 1.54) is 5.56 Å². The predicted octanol–water partition coefficient (Wildman–Crippen LogP) is 2.07. The van der Waals surface area contributed by atoms with Gasteiger partial charge in [0, 0.05) is 24.7 Å². The maximum absolute atomic E-state index is 12.4. The van der Waals surface area contributed by atoms with Crippen molar-refractivity contribution in [3.63, 3.8) is 0 Å². The summed E-state index contributed by atoms with van der Waals surface area (Å²) in [7, 11) is 0. The number of rotatable bonds is 3. The molecule has 3 rings (SSSR count). The summed E-state index contributed by atoms with van der Waals surface area (Å²) in [6.07, 6.45) is 0.960. The van der Waals surface area contributed by atoms with Gasteiger partial charge in [-0.3, -0.25) is 4.79 Å². The van der Waals surface area contributed by atoms with Crippen molar-refractivity contribution < 1.29 is 9.32 Å². The van der Waals surface area contributed by atoms with E-state index in [1.54, 1.807) is 11.0 Å². The largest absolute Gasteiger partial charge is 0.350 e. The van der Waals surface area contributed by atoms with Gasteiger partial charge in [-0.05, 0) is 25.8 Å². The molecule has 0 saturated carbocycles. The summed E-state index contributed by atoms with van der Waals surface area (Å²) in [5.41, 5.74) is 8.47. The van der Waals surface area contributed by atoms with Gasteiger partial charge in [0.05, 0.1) is 0 Å². The molecule has 1 aliphatic rings. The molecular weight excluding hydrogens is 266 g/mol. The second-order valence-corrected chi connectivity index (χ2v) is 5.58. The Bertz CT molecular complexity index is 633. The maximum atomic E-state index is 12.4. The molecule has 110 valence electrons. The molecule has 0 aliphatic carbocycles. The Balaban J connectivity index is 1.75. The molecule has 0 radical (unpaired) electrons. The highest BCUT2D eigenvalue weighted by Gasteiger charge is 2.28. The number of nitrogens with two attached hydrogens (primary N) is 1. The molecule has 1 saturated heterocycles. The third-order valence-electron chi connectivity index (χ3n) is 3.97. The van der Waals surface area contributed by atoms with E-state index in [4.69, 9.17) is 10.3 Å². The van der Waals surface area contributed by atoms with Crippen LogP contribution in [0.15, 0.2) is 34.9 Å². The van der Waals surface area contributed by atoms with Crippen LogP contribution in [0.4, 0.5) is 0 Å². The minimum absolute atomic E-state index is 0.100. The van der Waals surface area contributed by atoms with E-state index in [2.05, 4.69) is 5.16 Å². The number of hydrogen-bond donors (Lipinski definition) is 1. The van der Waals surface area contributed by atoms with Crippen LogP contribution in [0, 0.1) is 12.8 Å². The summed E-state index contributed by atoms with van der Waals surface area (Å²) in [6.45, 7) is 4.09. The number of benzene rings is 1. The first-order chi connectivity index (χ1) is 10.2. The molecule has 1 atom stereocenters. The van der Waals surface area contributed by atoms with Gasteiger partial charge in [-0.2, -0.15) is 0 Å². The van der Waals surface area contributed by atoms with Crippen LogP contribution in [0.25, 0.3) is 11.3 Å². The first-order valence-corrected chi connectivity index (χ1v) is 7.20. The zero-order valence-electron chi connectivity index (χ0n) is 12.1. The van der Waals surface area contributed by atoms with Gasteiger partial charge >= 0.3 is 0 Å². The molecule has 1 unspecified atom stereocenters. The van der Waals surface area contributed by atoms with E-state index in [-0.39, 0.29) is 5.91 Å². The summed E-state index contributed by atoms with van der Waals surface area (Å²) in [5.74, 6) is 0.591. The summed E-state index contributed by atoms with van der Waals surface area (Å²) in [5, 5.41) is 4.00. The van der Waals surface area contributed by atoms with Gasteiger partial charge in [-0.15, -0.1) is 0 Å². The van der Waals surface area contributed by atoms with Gasteiger partial charge in [0.15, 0.2) is 0 Å². The van der Waals surface area contributed by atoms with Gasteiger partial charge in [0.25, 0.3) is 5.91 Å². The fraction of sp³-hybridized carbons (Fsp3) is 0.375. The molecule has 2 heterocycles. The van der Waals surface area contributed by atoms with Gasteiger partial charge in [0.2, 0.25) is 5.76 Å². The van der Waals surface area contributed by atoms with Gasteiger partial charge < -0.3 is 15.2 Å². The smallest absolute Gasteiger partial charge is 0.292 e. The quantitative estimate of drug-likeness (QED) is 0.937. The van der Waals surface area contributed by atoms with Crippen LogP contribution in [-0.2, 0) is 0 Å². The van der Waals surface area contributed by atoms with Crippen molar-refractivity contribution in [3.8, 4) is 11.3 Å². The lowest BCUT2D eigenvalue weighted by molar-refractivity contribution is 0.0746. The summed E-state index contributed by atoms with van der Waals surface area (Å²) in [6, 6.07) is 9.68. The average Bonchev–Trinajstić information content (AvgIpc) is 3.16. The molecule has 1 aromatic heterocycles. The highest BCUT2D eigenvalue weighted by atomic mass is 16.5. The van der Waals surface area contributed by atoms with Crippen LogP contribution in [0.3, 0.4) is 0 Å². The molecule has 1 aliphatic heterocycles. The van der Waals surface area contributed by atoms with Crippen LogP contribution in [0.5, 0.6) is 0 Å². The van der Waals surface area contributed by atoms with Crippen molar-refractivity contribution >= 4 is 5.91 Å². The third kappa shape index (κ3) is 2.83. The minimum atomic E-state index is -0.100. The Morgan fingerprint density at radius 1 is 1.43 bits per heavy atom. The SMILES string of the molecule is Cc1ccc(-c2cc(C(=O)N3CCC(CN)C3)on2)cc1. The third-order valence-corrected chi connectivity index (χ3v) is 3.97. The Morgan fingerprint density at radius 2 is 2.19 bits per heavy atom. The van der Waals surface area contributed by atoms with Gasteiger partial charge in [0.1, 0.15) is 5.69 Å². The molecule has 1 fully saturated rings. The number of amides is 1. The van der Waals surface area contributed by atoms with E-state index < -0.39 is 0 Å². The lowest BCUT2D eigenvalue weighted by Crippen LogP contribution is -2.29. The van der Waals surface area contributed by atoms with Crippen LogP contribution >= 0.6 is 0 Å². The van der Waals surface area contributed by atoms with Crippen LogP contribution in [-0.4, -0.2) is 35.6 Å². The molecule has 1 amide bonds. The van der Waals surface area contributed by atoms with Crippen LogP contribution < -0.4 is 5.73 Å². The second-order valence-electron chi connectivity index (χ2n) is 5.58. The predicted molar refractivity (Wildman–Crippen MR) is 79.7 cm³/mol. The van der Waals surface area contributed by atoms with Gasteiger partial charge in [-0.1, -0.05) is 35.0 Å². The fourth-order valence-corrected chi connectivity index (χ4v) is 2.60. The highest BCUT2D eigenvalue weighted by molar-refractivity contribution is 5.92. The monoisotopic (exact) mass is 285 g/mol. The van der Waals surface area contributed by atoms with E-state index in [0.29, 0.717) is 30.5 Å². The summed E-state index contributed by atoms with van der Waals surface area (Å²) >= 11 is 0.